The first-order valence-corrected chi connectivity index (χ1v) is 9.93. The van der Waals surface area contributed by atoms with Crippen LogP contribution in [0.1, 0.15) is 40.7 Å². The highest BCUT2D eigenvalue weighted by atomic mass is 15.1. The molecule has 0 spiro atoms. The van der Waals surface area contributed by atoms with Crippen molar-refractivity contribution >= 4 is 11.2 Å². The molecule has 4 heteroatoms. The third-order valence-electron chi connectivity index (χ3n) is 5.32. The highest BCUT2D eigenvalue weighted by Gasteiger charge is 2.14. The Hall–Kier alpha value is -3.45. The molecule has 2 heterocycles. The normalized spacial score (nSPS) is 11.0. The van der Waals surface area contributed by atoms with Gasteiger partial charge in [-0.1, -0.05) is 48.9 Å². The number of imidazole rings is 1. The molecule has 0 saturated heterocycles. The number of pyridine rings is 1. The summed E-state index contributed by atoms with van der Waals surface area (Å²) >= 11 is 0. The summed E-state index contributed by atoms with van der Waals surface area (Å²) in [5, 5.41) is 9.43. The molecule has 0 aliphatic carbocycles. The zero-order valence-electron chi connectivity index (χ0n) is 17.3. The maximum absolute atomic E-state index is 9.43. The number of hydrogen-bond donors (Lipinski definition) is 0. The van der Waals surface area contributed by atoms with E-state index in [4.69, 9.17) is 9.97 Å². The lowest BCUT2D eigenvalue weighted by Crippen LogP contribution is -2.05. The summed E-state index contributed by atoms with van der Waals surface area (Å²) in [5.41, 5.74) is 9.20. The molecule has 144 valence electrons. The number of nitriles is 1. The molecule has 4 nitrogen and oxygen atoms in total. The van der Waals surface area contributed by atoms with Crippen molar-refractivity contribution in [1.82, 2.24) is 14.5 Å². The number of aryl methyl sites for hydroxylation is 4. The average Bonchev–Trinajstić information content (AvgIpc) is 3.06. The molecule has 0 unspecified atom stereocenters. The topological polar surface area (TPSA) is 54.5 Å². The van der Waals surface area contributed by atoms with Crippen LogP contribution in [0.25, 0.3) is 22.3 Å². The quantitative estimate of drug-likeness (QED) is 0.469. The first-order chi connectivity index (χ1) is 14.0. The summed E-state index contributed by atoms with van der Waals surface area (Å²) in [6.45, 7) is 9.03. The van der Waals surface area contributed by atoms with Crippen molar-refractivity contribution in [2.75, 3.05) is 0 Å². The summed E-state index contributed by atoms with van der Waals surface area (Å²) in [6, 6.07) is 18.8. The molecule has 0 saturated carbocycles. The molecule has 0 atom stereocenters. The van der Waals surface area contributed by atoms with Crippen LogP contribution in [0.15, 0.2) is 48.5 Å². The molecular formula is C25H24N4. The molecule has 2 aromatic carbocycles. The predicted octanol–water partition coefficient (Wildman–Crippen LogP) is 5.51. The van der Waals surface area contributed by atoms with E-state index in [9.17, 15) is 5.26 Å². The van der Waals surface area contributed by atoms with Crippen molar-refractivity contribution in [3.05, 3.63) is 82.3 Å². The van der Waals surface area contributed by atoms with E-state index in [0.717, 1.165) is 52.3 Å². The van der Waals surface area contributed by atoms with Crippen LogP contribution in [0.4, 0.5) is 0 Å². The molecule has 2 aromatic heterocycles. The maximum Gasteiger partial charge on any atom is 0.160 e. The fraction of sp³-hybridized carbons (Fsp3) is 0.240. The first kappa shape index (κ1) is 18.9. The molecule has 0 radical (unpaired) electrons. The van der Waals surface area contributed by atoms with Gasteiger partial charge >= 0.3 is 0 Å². The monoisotopic (exact) mass is 380 g/mol. The largest absolute Gasteiger partial charge is 0.308 e. The molecule has 0 fully saturated rings. The van der Waals surface area contributed by atoms with E-state index in [1.807, 2.05) is 26.0 Å². The molecule has 4 rings (SSSR count). The fourth-order valence-electron chi connectivity index (χ4n) is 3.85. The van der Waals surface area contributed by atoms with E-state index in [0.29, 0.717) is 5.56 Å². The van der Waals surface area contributed by atoms with Gasteiger partial charge < -0.3 is 4.57 Å². The van der Waals surface area contributed by atoms with Crippen LogP contribution < -0.4 is 0 Å². The van der Waals surface area contributed by atoms with Crippen molar-refractivity contribution in [2.24, 2.45) is 0 Å². The number of hydrogen-bond acceptors (Lipinski definition) is 3. The van der Waals surface area contributed by atoms with E-state index < -0.39 is 0 Å². The van der Waals surface area contributed by atoms with Gasteiger partial charge in [-0.05, 0) is 55.2 Å². The highest BCUT2D eigenvalue weighted by molar-refractivity contribution is 5.76. The van der Waals surface area contributed by atoms with Gasteiger partial charge in [-0.25, -0.2) is 9.97 Å². The Bertz CT molecular complexity index is 1240. The number of nitrogens with zero attached hydrogens (tertiary/aromatic N) is 4. The second kappa shape index (κ2) is 7.52. The Kier molecular flexibility index (Phi) is 4.90. The SMILES string of the molecule is CCc1nc2c(C)cc(C)nc2n1Cc1ccc(-c2cc(C)ccc2C#N)cc1. The maximum atomic E-state index is 9.43. The number of aromatic nitrogens is 3. The molecule has 0 amide bonds. The third-order valence-corrected chi connectivity index (χ3v) is 5.32. The zero-order chi connectivity index (χ0) is 20.5. The second-order valence-electron chi connectivity index (χ2n) is 7.58. The molecule has 0 N–H and O–H groups in total. The van der Waals surface area contributed by atoms with Crippen LogP contribution in [0.3, 0.4) is 0 Å². The smallest absolute Gasteiger partial charge is 0.160 e. The van der Waals surface area contributed by atoms with Crippen LogP contribution in [0, 0.1) is 32.1 Å². The van der Waals surface area contributed by atoms with Crippen LogP contribution in [0.5, 0.6) is 0 Å². The summed E-state index contributed by atoms with van der Waals surface area (Å²) in [6.07, 6.45) is 0.863. The van der Waals surface area contributed by atoms with Crippen LogP contribution in [-0.4, -0.2) is 14.5 Å². The minimum Gasteiger partial charge on any atom is -0.308 e. The van der Waals surface area contributed by atoms with Crippen molar-refractivity contribution in [3.8, 4) is 17.2 Å². The third kappa shape index (κ3) is 3.52. The van der Waals surface area contributed by atoms with Crippen LogP contribution in [0.2, 0.25) is 0 Å². The van der Waals surface area contributed by atoms with Gasteiger partial charge in [0.2, 0.25) is 0 Å². The van der Waals surface area contributed by atoms with Crippen molar-refractivity contribution in [2.45, 2.75) is 40.7 Å². The Morgan fingerprint density at radius 3 is 2.41 bits per heavy atom. The molecular weight excluding hydrogens is 356 g/mol. The van der Waals surface area contributed by atoms with Crippen molar-refractivity contribution in [1.29, 1.82) is 5.26 Å². The summed E-state index contributed by atoms with van der Waals surface area (Å²) in [5.74, 6) is 1.05. The van der Waals surface area contributed by atoms with Gasteiger partial charge in [0.15, 0.2) is 5.65 Å². The standard InChI is InChI=1S/C25H24N4/c1-5-23-28-24-17(3)13-18(4)27-25(24)29(23)15-19-7-10-20(11-8-19)22-12-16(2)6-9-21(22)14-26/h6-13H,5,15H2,1-4H3. The Morgan fingerprint density at radius 2 is 1.72 bits per heavy atom. The molecule has 0 aliphatic rings. The molecule has 0 bridgehead atoms. The lowest BCUT2D eigenvalue weighted by Gasteiger charge is -2.10. The van der Waals surface area contributed by atoms with Gasteiger partial charge in [0.25, 0.3) is 0 Å². The highest BCUT2D eigenvalue weighted by Crippen LogP contribution is 2.26. The number of rotatable bonds is 4. The summed E-state index contributed by atoms with van der Waals surface area (Å²) in [4.78, 5) is 9.59. The molecule has 0 aliphatic heterocycles. The summed E-state index contributed by atoms with van der Waals surface area (Å²) < 4.78 is 2.22. The number of benzene rings is 2. The Labute approximate surface area is 171 Å². The lowest BCUT2D eigenvalue weighted by atomic mass is 9.97. The van der Waals surface area contributed by atoms with Crippen LogP contribution >= 0.6 is 0 Å². The van der Waals surface area contributed by atoms with E-state index in [1.165, 1.54) is 11.1 Å². The Balaban J connectivity index is 1.72. The van der Waals surface area contributed by atoms with Crippen LogP contribution in [-0.2, 0) is 13.0 Å². The number of fused-ring (bicyclic) bond motifs is 1. The lowest BCUT2D eigenvalue weighted by molar-refractivity contribution is 0.745. The van der Waals surface area contributed by atoms with E-state index in [2.05, 4.69) is 60.9 Å². The Morgan fingerprint density at radius 1 is 0.966 bits per heavy atom. The first-order valence-electron chi connectivity index (χ1n) is 9.93. The average molecular weight is 380 g/mol. The van der Waals surface area contributed by atoms with E-state index >= 15 is 0 Å². The van der Waals surface area contributed by atoms with Gasteiger partial charge in [0, 0.05) is 12.1 Å². The van der Waals surface area contributed by atoms with E-state index in [-0.39, 0.29) is 0 Å². The second-order valence-corrected chi connectivity index (χ2v) is 7.58. The molecule has 4 aromatic rings. The zero-order valence-corrected chi connectivity index (χ0v) is 17.3. The van der Waals surface area contributed by atoms with Gasteiger partial charge in [-0.3, -0.25) is 0 Å². The predicted molar refractivity (Wildman–Crippen MR) is 117 cm³/mol. The minimum absolute atomic E-state index is 0.701. The minimum atomic E-state index is 0.701. The van der Waals surface area contributed by atoms with Gasteiger partial charge in [-0.2, -0.15) is 5.26 Å². The van der Waals surface area contributed by atoms with Gasteiger partial charge in [0.05, 0.1) is 18.2 Å². The van der Waals surface area contributed by atoms with Gasteiger partial charge in [-0.15, -0.1) is 0 Å². The fourth-order valence-corrected chi connectivity index (χ4v) is 3.85. The molecule has 29 heavy (non-hydrogen) atoms. The van der Waals surface area contributed by atoms with Crippen molar-refractivity contribution < 1.29 is 0 Å². The van der Waals surface area contributed by atoms with Gasteiger partial charge in [0.1, 0.15) is 11.3 Å². The summed E-state index contributed by atoms with van der Waals surface area (Å²) in [7, 11) is 0. The van der Waals surface area contributed by atoms with E-state index in [1.54, 1.807) is 0 Å². The van der Waals surface area contributed by atoms with Crippen molar-refractivity contribution in [3.63, 3.8) is 0 Å².